The summed E-state index contributed by atoms with van der Waals surface area (Å²) >= 11 is 5.58. The Hall–Kier alpha value is -1.89. The zero-order valence-corrected chi connectivity index (χ0v) is 12.1. The van der Waals surface area contributed by atoms with E-state index in [9.17, 15) is 24.4 Å². The summed E-state index contributed by atoms with van der Waals surface area (Å²) in [7, 11) is 0. The molecule has 1 aliphatic heterocycles. The van der Waals surface area contributed by atoms with E-state index in [0.29, 0.717) is 19.4 Å². The summed E-state index contributed by atoms with van der Waals surface area (Å²) < 4.78 is 13.6. The van der Waals surface area contributed by atoms with Gasteiger partial charge >= 0.3 is 5.97 Å². The molecule has 1 heterocycles. The Morgan fingerprint density at radius 3 is 2.76 bits per heavy atom. The van der Waals surface area contributed by atoms with E-state index in [1.165, 1.54) is 4.90 Å². The van der Waals surface area contributed by atoms with Crippen LogP contribution in [0.25, 0.3) is 0 Å². The standard InChI is InChI=1S/C13H14ClFN2O4/c1-2-13(12(18)19)3-4-16(7-13)10-6-9(15)8(14)5-11(10)17(20)21/h5-6H,2-4,7H2,1H3,(H,18,19). The van der Waals surface area contributed by atoms with Gasteiger partial charge in [0, 0.05) is 25.2 Å². The van der Waals surface area contributed by atoms with Crippen LogP contribution in [-0.4, -0.2) is 29.1 Å². The molecule has 8 heteroatoms. The summed E-state index contributed by atoms with van der Waals surface area (Å²) in [5, 5.41) is 20.1. The molecule has 1 aromatic carbocycles. The van der Waals surface area contributed by atoms with E-state index in [4.69, 9.17) is 11.6 Å². The van der Waals surface area contributed by atoms with Crippen molar-refractivity contribution in [2.24, 2.45) is 5.41 Å². The number of carbonyl (C=O) groups is 1. The van der Waals surface area contributed by atoms with E-state index in [0.717, 1.165) is 12.1 Å². The van der Waals surface area contributed by atoms with E-state index in [1.807, 2.05) is 0 Å². The molecule has 1 unspecified atom stereocenters. The van der Waals surface area contributed by atoms with Crippen LogP contribution in [0.3, 0.4) is 0 Å². The van der Waals surface area contributed by atoms with Gasteiger partial charge in [-0.05, 0) is 12.8 Å². The highest BCUT2D eigenvalue weighted by atomic mass is 35.5. The Morgan fingerprint density at radius 1 is 1.62 bits per heavy atom. The summed E-state index contributed by atoms with van der Waals surface area (Å²) in [5.74, 6) is -1.70. The molecule has 0 aliphatic carbocycles. The zero-order chi connectivity index (χ0) is 15.8. The first-order chi connectivity index (χ1) is 9.80. The van der Waals surface area contributed by atoms with Crippen LogP contribution in [0, 0.1) is 21.3 Å². The Labute approximate surface area is 125 Å². The third kappa shape index (κ3) is 2.65. The first kappa shape index (κ1) is 15.5. The lowest BCUT2D eigenvalue weighted by molar-refractivity contribution is -0.384. The van der Waals surface area contributed by atoms with Crippen molar-refractivity contribution in [3.63, 3.8) is 0 Å². The highest BCUT2D eigenvalue weighted by Gasteiger charge is 2.44. The maximum Gasteiger partial charge on any atom is 0.311 e. The van der Waals surface area contributed by atoms with Crippen LogP contribution in [0.4, 0.5) is 15.8 Å². The Bertz CT molecular complexity index is 610. The van der Waals surface area contributed by atoms with Crippen molar-refractivity contribution < 1.29 is 19.2 Å². The molecule has 0 bridgehead atoms. The number of nitro benzene ring substituents is 1. The van der Waals surface area contributed by atoms with E-state index >= 15 is 0 Å². The van der Waals surface area contributed by atoms with Gasteiger partial charge in [-0.2, -0.15) is 0 Å². The SMILES string of the molecule is CCC1(C(=O)O)CCN(c2cc(F)c(Cl)cc2[N+](=O)[O-])C1. The van der Waals surface area contributed by atoms with Crippen molar-refractivity contribution in [2.75, 3.05) is 18.0 Å². The average Bonchev–Trinajstić information content (AvgIpc) is 2.86. The molecule has 114 valence electrons. The minimum atomic E-state index is -0.954. The quantitative estimate of drug-likeness (QED) is 0.681. The number of hydrogen-bond acceptors (Lipinski definition) is 4. The first-order valence-corrected chi connectivity index (χ1v) is 6.80. The van der Waals surface area contributed by atoms with Crippen molar-refractivity contribution in [1.29, 1.82) is 0 Å². The molecular formula is C13H14ClFN2O4. The number of carboxylic acids is 1. The van der Waals surface area contributed by atoms with Crippen molar-refractivity contribution in [3.8, 4) is 0 Å². The third-order valence-electron chi connectivity index (χ3n) is 4.04. The molecule has 0 spiro atoms. The minimum Gasteiger partial charge on any atom is -0.481 e. The van der Waals surface area contributed by atoms with Crippen LogP contribution in [0.1, 0.15) is 19.8 Å². The van der Waals surface area contributed by atoms with Crippen LogP contribution in [-0.2, 0) is 4.79 Å². The van der Waals surface area contributed by atoms with Gasteiger partial charge in [0.25, 0.3) is 5.69 Å². The van der Waals surface area contributed by atoms with Gasteiger partial charge in [0.1, 0.15) is 11.5 Å². The molecule has 1 fully saturated rings. The van der Waals surface area contributed by atoms with Gasteiger partial charge in [-0.15, -0.1) is 0 Å². The number of nitro groups is 1. The summed E-state index contributed by atoms with van der Waals surface area (Å²) in [4.78, 5) is 23.4. The molecule has 0 saturated carbocycles. The molecule has 0 amide bonds. The normalized spacial score (nSPS) is 21.6. The second-order valence-corrected chi connectivity index (χ2v) is 5.53. The number of benzene rings is 1. The summed E-state index contributed by atoms with van der Waals surface area (Å²) in [6.45, 7) is 2.19. The fourth-order valence-electron chi connectivity index (χ4n) is 2.62. The van der Waals surface area contributed by atoms with Crippen LogP contribution in [0.15, 0.2) is 12.1 Å². The van der Waals surface area contributed by atoms with Gasteiger partial charge in [-0.3, -0.25) is 14.9 Å². The number of nitrogens with zero attached hydrogens (tertiary/aromatic N) is 2. The van der Waals surface area contributed by atoms with Gasteiger partial charge in [0.2, 0.25) is 0 Å². The second-order valence-electron chi connectivity index (χ2n) is 5.12. The lowest BCUT2D eigenvalue weighted by Gasteiger charge is -2.24. The predicted octanol–water partition coefficient (Wildman–Crippen LogP) is 3.08. The smallest absolute Gasteiger partial charge is 0.311 e. The molecule has 1 aliphatic rings. The van der Waals surface area contributed by atoms with E-state index < -0.39 is 22.1 Å². The van der Waals surface area contributed by atoms with Gasteiger partial charge in [-0.1, -0.05) is 18.5 Å². The van der Waals surface area contributed by atoms with Crippen LogP contribution in [0.5, 0.6) is 0 Å². The van der Waals surface area contributed by atoms with Crippen molar-refractivity contribution in [2.45, 2.75) is 19.8 Å². The second kappa shape index (κ2) is 5.48. The topological polar surface area (TPSA) is 83.7 Å². The summed E-state index contributed by atoms with van der Waals surface area (Å²) in [6, 6.07) is 1.95. The monoisotopic (exact) mass is 316 g/mol. The molecule has 0 radical (unpaired) electrons. The summed E-state index contributed by atoms with van der Waals surface area (Å²) in [6.07, 6.45) is 0.767. The lowest BCUT2D eigenvalue weighted by atomic mass is 9.84. The molecule has 6 nitrogen and oxygen atoms in total. The maximum atomic E-state index is 13.6. The Balaban J connectivity index is 2.42. The number of aliphatic carboxylic acids is 1. The Kier molecular flexibility index (Phi) is 4.04. The molecule has 0 aromatic heterocycles. The number of halogens is 2. The third-order valence-corrected chi connectivity index (χ3v) is 4.33. The molecule has 1 atom stereocenters. The number of hydrogen-bond donors (Lipinski definition) is 1. The lowest BCUT2D eigenvalue weighted by Crippen LogP contribution is -2.34. The van der Waals surface area contributed by atoms with E-state index in [2.05, 4.69) is 0 Å². The molecule has 1 aromatic rings. The highest BCUT2D eigenvalue weighted by molar-refractivity contribution is 6.31. The van der Waals surface area contributed by atoms with E-state index in [-0.39, 0.29) is 22.9 Å². The van der Waals surface area contributed by atoms with Crippen molar-refractivity contribution in [3.05, 3.63) is 33.1 Å². The van der Waals surface area contributed by atoms with Gasteiger partial charge in [0.05, 0.1) is 15.4 Å². The molecule has 1 saturated heterocycles. The van der Waals surface area contributed by atoms with Crippen molar-refractivity contribution >= 4 is 28.9 Å². The fraction of sp³-hybridized carbons (Fsp3) is 0.462. The molecular weight excluding hydrogens is 303 g/mol. The predicted molar refractivity (Wildman–Crippen MR) is 75.3 cm³/mol. The van der Waals surface area contributed by atoms with Gasteiger partial charge < -0.3 is 10.0 Å². The minimum absolute atomic E-state index is 0.0680. The van der Waals surface area contributed by atoms with Gasteiger partial charge in [-0.25, -0.2) is 4.39 Å². The van der Waals surface area contributed by atoms with Gasteiger partial charge in [0.15, 0.2) is 0 Å². The largest absolute Gasteiger partial charge is 0.481 e. The maximum absolute atomic E-state index is 13.6. The molecule has 2 rings (SSSR count). The first-order valence-electron chi connectivity index (χ1n) is 6.42. The molecule has 21 heavy (non-hydrogen) atoms. The highest BCUT2D eigenvalue weighted by Crippen LogP contribution is 2.41. The Morgan fingerprint density at radius 2 is 2.29 bits per heavy atom. The number of carboxylic acid groups (broad SMARTS) is 1. The van der Waals surface area contributed by atoms with Crippen LogP contribution in [0.2, 0.25) is 5.02 Å². The van der Waals surface area contributed by atoms with Crippen LogP contribution < -0.4 is 4.90 Å². The number of anilines is 1. The van der Waals surface area contributed by atoms with Crippen molar-refractivity contribution in [1.82, 2.24) is 0 Å². The average molecular weight is 317 g/mol. The zero-order valence-electron chi connectivity index (χ0n) is 11.3. The molecule has 1 N–H and O–H groups in total. The fourth-order valence-corrected chi connectivity index (χ4v) is 2.78. The summed E-state index contributed by atoms with van der Waals surface area (Å²) in [5.41, 5.74) is -1.21. The number of rotatable bonds is 4. The van der Waals surface area contributed by atoms with E-state index in [1.54, 1.807) is 6.92 Å². The van der Waals surface area contributed by atoms with Crippen LogP contribution >= 0.6 is 11.6 Å².